The van der Waals surface area contributed by atoms with Crippen molar-refractivity contribution in [3.63, 3.8) is 0 Å². The van der Waals surface area contributed by atoms with Crippen molar-refractivity contribution in [1.29, 1.82) is 0 Å². The number of nitrogens with zero attached hydrogens (tertiary/aromatic N) is 2. The number of ether oxygens (including phenoxy) is 5. The summed E-state index contributed by atoms with van der Waals surface area (Å²) in [4.78, 5) is 12.9. The first-order valence-electron chi connectivity index (χ1n) is 22.7. The Balaban J connectivity index is 0.000000228. The van der Waals surface area contributed by atoms with E-state index in [0.29, 0.717) is 17.1 Å². The third-order valence-electron chi connectivity index (χ3n) is 11.9. The van der Waals surface area contributed by atoms with E-state index in [1.165, 1.54) is 69.2 Å². The number of nitrogens with two attached hydrogens (primary N) is 1. The lowest BCUT2D eigenvalue weighted by molar-refractivity contribution is -0.354. The molecular formula is C49H62N4O15. The lowest BCUT2D eigenvalue weighted by atomic mass is 9.95. The highest BCUT2D eigenvalue weighted by molar-refractivity contribution is 6.02. The summed E-state index contributed by atoms with van der Waals surface area (Å²) in [6, 6.07) is 23.9. The first-order valence-corrected chi connectivity index (χ1v) is 22.7. The van der Waals surface area contributed by atoms with Gasteiger partial charge in [0.05, 0.1) is 25.3 Å². The number of carbonyl (C=O) groups excluding carboxylic acids is 1. The second-order valence-corrected chi connectivity index (χ2v) is 16.9. The fraction of sp³-hybridized carbons (Fsp3) is 0.449. The molecule has 1 unspecified atom stereocenters. The van der Waals surface area contributed by atoms with Crippen molar-refractivity contribution in [2.75, 3.05) is 12.0 Å². The van der Waals surface area contributed by atoms with Crippen molar-refractivity contribution in [1.82, 2.24) is 10.2 Å². The Bertz CT molecular complexity index is 2350. The van der Waals surface area contributed by atoms with Crippen LogP contribution in [-0.4, -0.2) is 130 Å². The minimum absolute atomic E-state index is 0.0149. The van der Waals surface area contributed by atoms with E-state index in [4.69, 9.17) is 34.6 Å². The molecule has 0 saturated carbocycles. The van der Waals surface area contributed by atoms with E-state index in [2.05, 4.69) is 22.5 Å². The number of rotatable bonds is 14. The number of hydrogen-bond donors (Lipinski definition) is 11. The van der Waals surface area contributed by atoms with Gasteiger partial charge in [-0.15, -0.1) is 5.10 Å². The molecule has 4 heterocycles. The van der Waals surface area contributed by atoms with Gasteiger partial charge in [-0.2, -0.15) is 5.10 Å². The number of aliphatic hydroxyl groups is 6. The number of fused-ring (bicyclic) bond motifs is 2. The van der Waals surface area contributed by atoms with Gasteiger partial charge in [-0.3, -0.25) is 4.79 Å². The quantitative estimate of drug-likeness (QED) is 0.0425. The molecule has 0 aliphatic carbocycles. The number of phenolic OH excluding ortho intramolecular Hbond substituents is 3. The average Bonchev–Trinajstić information content (AvgIpc) is 3.34. The van der Waals surface area contributed by atoms with E-state index in [0.717, 1.165) is 23.3 Å². The van der Waals surface area contributed by atoms with Gasteiger partial charge in [-0.1, -0.05) is 87.6 Å². The highest BCUT2D eigenvalue weighted by atomic mass is 16.8. The third kappa shape index (κ3) is 13.1. The van der Waals surface area contributed by atoms with Crippen molar-refractivity contribution in [2.45, 2.75) is 133 Å². The van der Waals surface area contributed by atoms with E-state index in [1.807, 2.05) is 36.4 Å². The first-order chi connectivity index (χ1) is 32.7. The topological polar surface area (TPSA) is 309 Å². The van der Waals surface area contributed by atoms with Crippen LogP contribution < -0.4 is 20.7 Å². The predicted molar refractivity (Wildman–Crippen MR) is 247 cm³/mol. The minimum atomic E-state index is -1.75. The number of benzene rings is 4. The lowest BCUT2D eigenvalue weighted by Crippen LogP contribution is -2.64. The third-order valence-corrected chi connectivity index (χ3v) is 11.9. The van der Waals surface area contributed by atoms with Gasteiger partial charge in [-0.25, -0.2) is 5.84 Å². The zero-order valence-electron chi connectivity index (χ0n) is 37.8. The smallest absolute Gasteiger partial charge is 0.229 e. The molecule has 19 heteroatoms. The van der Waals surface area contributed by atoms with E-state index >= 15 is 0 Å². The lowest BCUT2D eigenvalue weighted by Gasteiger charge is -2.45. The molecule has 0 amide bonds. The van der Waals surface area contributed by atoms with Crippen molar-refractivity contribution in [3.8, 4) is 28.7 Å². The molecule has 2 fully saturated rings. The zero-order valence-corrected chi connectivity index (χ0v) is 37.8. The average molecular weight is 947 g/mol. The summed E-state index contributed by atoms with van der Waals surface area (Å²) < 4.78 is 28.6. The second kappa shape index (κ2) is 24.5. The maximum Gasteiger partial charge on any atom is 0.229 e. The fourth-order valence-corrected chi connectivity index (χ4v) is 7.98. The summed E-state index contributed by atoms with van der Waals surface area (Å²) in [5.74, 6) is 5.28. The molecule has 3 aliphatic rings. The van der Waals surface area contributed by atoms with Crippen LogP contribution in [0.3, 0.4) is 0 Å². The van der Waals surface area contributed by atoms with Gasteiger partial charge in [0.1, 0.15) is 77.0 Å². The molecule has 2 saturated heterocycles. The molecular weight excluding hydrogens is 885 g/mol. The number of ketones is 1. The van der Waals surface area contributed by atoms with Crippen LogP contribution in [0.5, 0.6) is 28.7 Å². The van der Waals surface area contributed by atoms with Crippen LogP contribution in [0.1, 0.15) is 86.4 Å². The van der Waals surface area contributed by atoms with Gasteiger partial charge in [-0.05, 0) is 55.2 Å². The highest BCUT2D eigenvalue weighted by Crippen LogP contribution is 2.43. The molecule has 8 rings (SSSR count). The number of carbonyl (C=O) groups is 1. The van der Waals surface area contributed by atoms with Gasteiger partial charge >= 0.3 is 0 Å². The largest absolute Gasteiger partial charge is 0.508 e. The summed E-state index contributed by atoms with van der Waals surface area (Å²) in [7, 11) is 0. The number of hydrogen-bond acceptors (Lipinski definition) is 19. The van der Waals surface area contributed by atoms with Crippen LogP contribution in [0.4, 0.5) is 5.82 Å². The molecule has 1 aromatic heterocycles. The summed E-state index contributed by atoms with van der Waals surface area (Å²) in [5, 5.41) is 100. The van der Waals surface area contributed by atoms with Crippen molar-refractivity contribution in [2.24, 2.45) is 5.84 Å². The van der Waals surface area contributed by atoms with Crippen LogP contribution in [0.25, 0.3) is 10.8 Å². The number of nitrogens with one attached hydrogen (secondary N) is 1. The number of Topliss-reactive ketones (excluding diaryl/α,β-unsaturated/α-hetero) is 1. The normalized spacial score (nSPS) is 26.5. The minimum Gasteiger partial charge on any atom is -0.508 e. The predicted octanol–water partition coefficient (Wildman–Crippen LogP) is 4.05. The Morgan fingerprint density at radius 3 is 2.15 bits per heavy atom. The Morgan fingerprint density at radius 1 is 0.779 bits per heavy atom. The van der Waals surface area contributed by atoms with Crippen molar-refractivity contribution in [3.05, 3.63) is 108 Å². The second-order valence-electron chi connectivity index (χ2n) is 16.9. The maximum absolute atomic E-state index is 12.9. The molecule has 4 aromatic carbocycles. The van der Waals surface area contributed by atoms with Crippen LogP contribution in [0, 0.1) is 0 Å². The number of aliphatic hydroxyl groups excluding tert-OH is 6. The Labute approximate surface area is 393 Å². The number of aromatic nitrogens is 2. The van der Waals surface area contributed by atoms with Crippen molar-refractivity contribution >= 4 is 22.4 Å². The summed E-state index contributed by atoms with van der Waals surface area (Å²) in [6.07, 6.45) is -5.13. The number of anilines is 1. The van der Waals surface area contributed by atoms with Crippen LogP contribution in [0.15, 0.2) is 91.1 Å². The SMILES string of the molecule is CCCCCCCCc1ccc(O)cc1.C[C@@H]1O[C@@H](O[C@H]2[C@H](Oc3cc(O)c4c(c3)OC(c3ccc(O)cc3)CC4=O)O[C@H](CO)[C@@H](O)[C@@H]2O)[C@H](O)[C@H](O)[C@H]1O.NNc1nncc2ccccc12. The van der Waals surface area contributed by atoms with E-state index in [9.17, 15) is 45.6 Å². The zero-order chi connectivity index (χ0) is 48.9. The molecule has 5 aromatic rings. The van der Waals surface area contributed by atoms with Gasteiger partial charge in [0.15, 0.2) is 24.0 Å². The van der Waals surface area contributed by atoms with Crippen LogP contribution in [0.2, 0.25) is 0 Å². The first kappa shape index (κ1) is 51.7. The summed E-state index contributed by atoms with van der Waals surface area (Å²) >= 11 is 0. The van der Waals surface area contributed by atoms with Crippen molar-refractivity contribution < 1.29 is 74.4 Å². The monoisotopic (exact) mass is 946 g/mol. The Kier molecular flexibility index (Phi) is 18.6. The van der Waals surface area contributed by atoms with Gasteiger partial charge in [0, 0.05) is 22.9 Å². The Morgan fingerprint density at radius 2 is 1.46 bits per heavy atom. The molecule has 12 N–H and O–H groups in total. The number of nitrogen functional groups attached to an aromatic ring is 1. The number of phenols is 3. The number of aromatic hydroxyl groups is 3. The van der Waals surface area contributed by atoms with Gasteiger partial charge in [0.2, 0.25) is 6.29 Å². The maximum atomic E-state index is 12.9. The standard InChI is InChI=1S/C27H32O14.C14H22O.C8H8N4/c1-10-20(32)22(34)24(36)26(37-10)41-25-23(35)21(33)18(9-28)40-27(25)38-13-6-14(30)19-15(31)8-16(39-17(19)7-13)11-2-4-12(29)5-3-11;1-2-3-4-5-6-7-8-13-9-11-14(15)12-10-13;9-11-8-7-4-2-1-3-6(7)5-10-12-8/h2-7,10,16,18,20-30,32-36H,8-9H2,1H3;9-12,15H,2-8H2,1H3;1-5H,9H2,(H,11,12)/t10-,16?,18+,20-,21+,22+,23-,24+,25+,26-,27+;;/m0../s1. The molecule has 68 heavy (non-hydrogen) atoms. The fourth-order valence-electron chi connectivity index (χ4n) is 7.98. The van der Waals surface area contributed by atoms with Crippen LogP contribution >= 0.6 is 0 Å². The number of hydrazine groups is 1. The van der Waals surface area contributed by atoms with E-state index in [1.54, 1.807) is 30.5 Å². The molecule has 11 atom stereocenters. The van der Waals surface area contributed by atoms with Crippen LogP contribution in [-0.2, 0) is 20.6 Å². The summed E-state index contributed by atoms with van der Waals surface area (Å²) in [6.45, 7) is 2.96. The summed E-state index contributed by atoms with van der Waals surface area (Å²) in [5.41, 5.74) is 4.36. The Hall–Kier alpha value is -5.71. The molecule has 368 valence electrons. The molecule has 0 radical (unpaired) electrons. The van der Waals surface area contributed by atoms with Gasteiger partial charge in [0.25, 0.3) is 0 Å². The van der Waals surface area contributed by atoms with E-state index < -0.39 is 85.7 Å². The molecule has 0 spiro atoms. The molecule has 3 aliphatic heterocycles. The van der Waals surface area contributed by atoms with Gasteiger partial charge < -0.3 is 75.1 Å². The van der Waals surface area contributed by atoms with E-state index in [-0.39, 0.29) is 29.2 Å². The molecule has 0 bridgehead atoms. The highest BCUT2D eigenvalue weighted by Gasteiger charge is 2.51. The molecule has 19 nitrogen and oxygen atoms in total. The number of aryl methyl sites for hydroxylation is 1. The number of unbranched alkanes of at least 4 members (excludes halogenated alkanes) is 5.